The second-order valence-corrected chi connectivity index (χ2v) is 4.10. The number of para-hydroxylation sites is 1. The fraction of sp³-hybridized carbons (Fsp3) is 0.462. The summed E-state index contributed by atoms with van der Waals surface area (Å²) in [6.45, 7) is 4.29. The van der Waals surface area contributed by atoms with Crippen LogP contribution in [0.3, 0.4) is 0 Å². The molecule has 0 saturated carbocycles. The predicted molar refractivity (Wildman–Crippen MR) is 66.3 cm³/mol. The fourth-order valence-corrected chi connectivity index (χ4v) is 1.66. The maximum atomic E-state index is 11.1. The first kappa shape index (κ1) is 13.5. The molecule has 1 atom stereocenters. The Morgan fingerprint density at radius 1 is 1.41 bits per heavy atom. The van der Waals surface area contributed by atoms with Gasteiger partial charge in [0.2, 0.25) is 0 Å². The van der Waals surface area contributed by atoms with Gasteiger partial charge in [-0.25, -0.2) is 4.79 Å². The van der Waals surface area contributed by atoms with E-state index >= 15 is 0 Å². The number of carboxylic acid groups (broad SMARTS) is 1. The molecule has 0 spiro atoms. The van der Waals surface area contributed by atoms with Gasteiger partial charge in [-0.05, 0) is 44.4 Å². The maximum absolute atomic E-state index is 11.1. The Labute approximate surface area is 101 Å². The average molecular weight is 237 g/mol. The molecule has 4 heteroatoms. The highest BCUT2D eigenvalue weighted by Gasteiger charge is 2.20. The number of carboxylic acids is 1. The van der Waals surface area contributed by atoms with E-state index in [0.717, 1.165) is 11.1 Å². The van der Waals surface area contributed by atoms with Gasteiger partial charge in [0.1, 0.15) is 5.75 Å². The topological polar surface area (TPSA) is 72.5 Å². The van der Waals surface area contributed by atoms with Gasteiger partial charge in [0.25, 0.3) is 0 Å². The summed E-state index contributed by atoms with van der Waals surface area (Å²) in [4.78, 5) is 11.1. The minimum absolute atomic E-state index is 0.430. The van der Waals surface area contributed by atoms with Crippen molar-refractivity contribution in [3.63, 3.8) is 0 Å². The Morgan fingerprint density at radius 2 is 2.00 bits per heavy atom. The molecule has 3 N–H and O–H groups in total. The van der Waals surface area contributed by atoms with Crippen molar-refractivity contribution in [1.82, 2.24) is 0 Å². The lowest BCUT2D eigenvalue weighted by Gasteiger charge is -2.18. The minimum Gasteiger partial charge on any atom is -0.479 e. The van der Waals surface area contributed by atoms with Crippen molar-refractivity contribution in [1.29, 1.82) is 0 Å². The number of ether oxygens (including phenoxy) is 1. The van der Waals surface area contributed by atoms with E-state index in [-0.39, 0.29) is 0 Å². The van der Waals surface area contributed by atoms with Crippen LogP contribution in [0.1, 0.15) is 24.0 Å². The molecule has 0 aromatic heterocycles. The normalized spacial score (nSPS) is 12.2. The third-order valence-electron chi connectivity index (χ3n) is 2.61. The molecule has 0 radical (unpaired) electrons. The number of rotatable bonds is 6. The number of nitrogens with two attached hydrogens (primary N) is 1. The predicted octanol–water partition coefficient (Wildman–Crippen LogP) is 1.87. The molecule has 0 fully saturated rings. The summed E-state index contributed by atoms with van der Waals surface area (Å²) in [6, 6.07) is 5.74. The van der Waals surface area contributed by atoms with Gasteiger partial charge in [-0.3, -0.25) is 0 Å². The zero-order valence-corrected chi connectivity index (χ0v) is 10.3. The molecule has 17 heavy (non-hydrogen) atoms. The lowest BCUT2D eigenvalue weighted by atomic mass is 10.1. The van der Waals surface area contributed by atoms with Crippen LogP contribution in [0.4, 0.5) is 0 Å². The molecule has 1 rings (SSSR count). The highest BCUT2D eigenvalue weighted by Crippen LogP contribution is 2.24. The lowest BCUT2D eigenvalue weighted by Crippen LogP contribution is -2.28. The number of carbonyl (C=O) groups is 1. The van der Waals surface area contributed by atoms with E-state index in [9.17, 15) is 4.79 Å². The van der Waals surface area contributed by atoms with Gasteiger partial charge in [-0.1, -0.05) is 18.2 Å². The summed E-state index contributed by atoms with van der Waals surface area (Å²) in [5, 5.41) is 9.08. The number of aryl methyl sites for hydroxylation is 2. The van der Waals surface area contributed by atoms with Gasteiger partial charge in [0.05, 0.1) is 0 Å². The molecule has 0 aliphatic heterocycles. The largest absolute Gasteiger partial charge is 0.479 e. The Balaban J connectivity index is 2.82. The maximum Gasteiger partial charge on any atom is 0.344 e. The first-order chi connectivity index (χ1) is 8.06. The quantitative estimate of drug-likeness (QED) is 0.792. The van der Waals surface area contributed by atoms with E-state index in [1.807, 2.05) is 32.0 Å². The van der Waals surface area contributed by atoms with Crippen molar-refractivity contribution in [3.8, 4) is 5.75 Å². The molecule has 1 aromatic rings. The van der Waals surface area contributed by atoms with E-state index in [1.165, 1.54) is 0 Å². The van der Waals surface area contributed by atoms with Gasteiger partial charge in [0.15, 0.2) is 6.10 Å². The van der Waals surface area contributed by atoms with Crippen LogP contribution >= 0.6 is 0 Å². The molecular weight excluding hydrogens is 218 g/mol. The van der Waals surface area contributed by atoms with E-state index < -0.39 is 12.1 Å². The van der Waals surface area contributed by atoms with Crippen LogP contribution in [0.25, 0.3) is 0 Å². The SMILES string of the molecule is Cc1cccc(C)c1OC(CCCN)C(=O)O. The molecule has 0 heterocycles. The smallest absolute Gasteiger partial charge is 0.344 e. The van der Waals surface area contributed by atoms with Crippen molar-refractivity contribution in [2.75, 3.05) is 6.54 Å². The van der Waals surface area contributed by atoms with Crippen molar-refractivity contribution >= 4 is 5.97 Å². The van der Waals surface area contributed by atoms with E-state index in [4.69, 9.17) is 15.6 Å². The Morgan fingerprint density at radius 3 is 2.47 bits per heavy atom. The van der Waals surface area contributed by atoms with Crippen molar-refractivity contribution in [3.05, 3.63) is 29.3 Å². The lowest BCUT2D eigenvalue weighted by molar-refractivity contribution is -0.145. The molecule has 0 amide bonds. The van der Waals surface area contributed by atoms with Crippen LogP contribution in [-0.4, -0.2) is 23.7 Å². The molecule has 94 valence electrons. The summed E-state index contributed by atoms with van der Waals surface area (Å²) in [6.07, 6.45) is 0.250. The number of hydrogen-bond acceptors (Lipinski definition) is 3. The second-order valence-electron chi connectivity index (χ2n) is 4.10. The van der Waals surface area contributed by atoms with Crippen molar-refractivity contribution in [2.45, 2.75) is 32.8 Å². The summed E-state index contributed by atoms with van der Waals surface area (Å²) < 4.78 is 5.58. The van der Waals surface area contributed by atoms with Crippen LogP contribution in [0.2, 0.25) is 0 Å². The van der Waals surface area contributed by atoms with Crippen LogP contribution in [-0.2, 0) is 4.79 Å². The van der Waals surface area contributed by atoms with E-state index in [0.29, 0.717) is 25.1 Å². The van der Waals surface area contributed by atoms with Gasteiger partial charge < -0.3 is 15.6 Å². The van der Waals surface area contributed by atoms with E-state index in [1.54, 1.807) is 0 Å². The molecule has 0 aliphatic rings. The second kappa shape index (κ2) is 6.25. The molecule has 0 aliphatic carbocycles. The average Bonchev–Trinajstić information content (AvgIpc) is 2.27. The third-order valence-corrected chi connectivity index (χ3v) is 2.61. The summed E-state index contributed by atoms with van der Waals surface area (Å²) in [7, 11) is 0. The Kier molecular flexibility index (Phi) is 4.97. The van der Waals surface area contributed by atoms with Gasteiger partial charge in [0, 0.05) is 0 Å². The fourth-order valence-electron chi connectivity index (χ4n) is 1.66. The van der Waals surface area contributed by atoms with Gasteiger partial charge >= 0.3 is 5.97 Å². The van der Waals surface area contributed by atoms with Crippen molar-refractivity contribution in [2.24, 2.45) is 5.73 Å². The Hall–Kier alpha value is -1.55. The zero-order chi connectivity index (χ0) is 12.8. The van der Waals surface area contributed by atoms with Gasteiger partial charge in [-0.2, -0.15) is 0 Å². The minimum atomic E-state index is -0.943. The van der Waals surface area contributed by atoms with Crippen LogP contribution in [0.5, 0.6) is 5.75 Å². The van der Waals surface area contributed by atoms with Crippen LogP contribution in [0, 0.1) is 13.8 Å². The number of aliphatic carboxylic acids is 1. The number of hydrogen-bond donors (Lipinski definition) is 2. The summed E-state index contributed by atoms with van der Waals surface area (Å²) >= 11 is 0. The molecular formula is C13H19NO3. The third kappa shape index (κ3) is 3.75. The molecule has 1 unspecified atom stereocenters. The highest BCUT2D eigenvalue weighted by atomic mass is 16.5. The summed E-state index contributed by atoms with van der Waals surface area (Å²) in [5.74, 6) is -0.280. The standard InChI is InChI=1S/C13H19NO3/c1-9-5-3-6-10(2)12(9)17-11(13(15)16)7-4-8-14/h3,5-6,11H,4,7-8,14H2,1-2H3,(H,15,16). The zero-order valence-electron chi connectivity index (χ0n) is 10.3. The van der Waals surface area contributed by atoms with E-state index in [2.05, 4.69) is 0 Å². The molecule has 1 aromatic carbocycles. The number of benzene rings is 1. The molecule has 0 saturated heterocycles. The molecule has 0 bridgehead atoms. The van der Waals surface area contributed by atoms with Crippen LogP contribution in [0.15, 0.2) is 18.2 Å². The Bertz CT molecular complexity index is 370. The first-order valence-electron chi connectivity index (χ1n) is 5.72. The highest BCUT2D eigenvalue weighted by molar-refractivity contribution is 5.72. The summed E-state index contributed by atoms with van der Waals surface area (Å²) in [5.41, 5.74) is 7.28. The van der Waals surface area contributed by atoms with Crippen LogP contribution < -0.4 is 10.5 Å². The van der Waals surface area contributed by atoms with Crippen molar-refractivity contribution < 1.29 is 14.6 Å². The monoisotopic (exact) mass is 237 g/mol. The van der Waals surface area contributed by atoms with Gasteiger partial charge in [-0.15, -0.1) is 0 Å². The first-order valence-corrected chi connectivity index (χ1v) is 5.72. The molecule has 4 nitrogen and oxygen atoms in total.